The lowest BCUT2D eigenvalue weighted by Crippen LogP contribution is -2.45. The van der Waals surface area contributed by atoms with Crippen LogP contribution in [0.1, 0.15) is 12.5 Å². The summed E-state index contributed by atoms with van der Waals surface area (Å²) in [6.45, 7) is 6.67. The number of anilines is 1. The van der Waals surface area contributed by atoms with E-state index in [9.17, 15) is 0 Å². The summed E-state index contributed by atoms with van der Waals surface area (Å²) in [5, 5.41) is 0. The summed E-state index contributed by atoms with van der Waals surface area (Å²) in [5.74, 6) is 1.96. The lowest BCUT2D eigenvalue weighted by molar-refractivity contribution is 0.442. The molecular weight excluding hydrogens is 228 g/mol. The Labute approximate surface area is 87.1 Å². The van der Waals surface area contributed by atoms with Gasteiger partial charge in [0.1, 0.15) is 5.82 Å². The summed E-state index contributed by atoms with van der Waals surface area (Å²) in [5.41, 5.74) is 1.25. The van der Waals surface area contributed by atoms with Gasteiger partial charge >= 0.3 is 0 Å². The highest BCUT2D eigenvalue weighted by atomic mass is 79.9. The topological polar surface area (TPSA) is 16.1 Å². The molecule has 0 N–H and O–H groups in total. The lowest BCUT2D eigenvalue weighted by atomic mass is 10.0. The molecule has 0 saturated carbocycles. The Bertz CT molecular complexity index is 319. The van der Waals surface area contributed by atoms with E-state index in [1.54, 1.807) is 0 Å². The SMILES string of the molecule is Cc1cc(Br)cnc1N1CC(C)C1. The van der Waals surface area contributed by atoms with Crippen LogP contribution in [0.4, 0.5) is 5.82 Å². The van der Waals surface area contributed by atoms with Crippen LogP contribution in [0, 0.1) is 12.8 Å². The zero-order chi connectivity index (χ0) is 9.42. The van der Waals surface area contributed by atoms with E-state index in [0.717, 1.165) is 29.3 Å². The van der Waals surface area contributed by atoms with Crippen LogP contribution >= 0.6 is 15.9 Å². The van der Waals surface area contributed by atoms with Gasteiger partial charge in [0.2, 0.25) is 0 Å². The van der Waals surface area contributed by atoms with Crippen LogP contribution in [0.3, 0.4) is 0 Å². The fraction of sp³-hybridized carbons (Fsp3) is 0.500. The molecule has 0 atom stereocenters. The van der Waals surface area contributed by atoms with Crippen molar-refractivity contribution in [1.29, 1.82) is 0 Å². The lowest BCUT2D eigenvalue weighted by Gasteiger charge is -2.38. The fourth-order valence-corrected chi connectivity index (χ4v) is 2.18. The monoisotopic (exact) mass is 240 g/mol. The van der Waals surface area contributed by atoms with Gasteiger partial charge in [-0.3, -0.25) is 0 Å². The Kier molecular flexibility index (Phi) is 2.28. The van der Waals surface area contributed by atoms with Gasteiger partial charge in [0.25, 0.3) is 0 Å². The Hall–Kier alpha value is -0.570. The van der Waals surface area contributed by atoms with Crippen molar-refractivity contribution in [3.63, 3.8) is 0 Å². The van der Waals surface area contributed by atoms with E-state index in [1.165, 1.54) is 5.56 Å². The minimum Gasteiger partial charge on any atom is -0.356 e. The second kappa shape index (κ2) is 3.29. The molecule has 0 radical (unpaired) electrons. The second-order valence-electron chi connectivity index (χ2n) is 3.80. The minimum absolute atomic E-state index is 0.824. The molecule has 13 heavy (non-hydrogen) atoms. The maximum Gasteiger partial charge on any atom is 0.131 e. The number of rotatable bonds is 1. The number of aryl methyl sites for hydroxylation is 1. The average molecular weight is 241 g/mol. The molecule has 0 aromatic carbocycles. The summed E-state index contributed by atoms with van der Waals surface area (Å²) < 4.78 is 1.06. The van der Waals surface area contributed by atoms with Crippen molar-refractivity contribution in [1.82, 2.24) is 4.98 Å². The van der Waals surface area contributed by atoms with Crippen LogP contribution in [0.5, 0.6) is 0 Å². The van der Waals surface area contributed by atoms with Crippen molar-refractivity contribution in [3.05, 3.63) is 22.3 Å². The van der Waals surface area contributed by atoms with E-state index in [1.807, 2.05) is 6.20 Å². The van der Waals surface area contributed by atoms with Gasteiger partial charge in [0, 0.05) is 23.8 Å². The van der Waals surface area contributed by atoms with Crippen LogP contribution in [-0.4, -0.2) is 18.1 Å². The van der Waals surface area contributed by atoms with Crippen molar-refractivity contribution < 1.29 is 0 Å². The zero-order valence-electron chi connectivity index (χ0n) is 7.92. The number of halogens is 1. The predicted molar refractivity (Wildman–Crippen MR) is 58.1 cm³/mol. The molecule has 1 aliphatic heterocycles. The molecular formula is C10H13BrN2. The third-order valence-corrected chi connectivity index (χ3v) is 2.81. The first-order chi connectivity index (χ1) is 6.16. The fourth-order valence-electron chi connectivity index (χ4n) is 1.74. The third-order valence-electron chi connectivity index (χ3n) is 2.38. The van der Waals surface area contributed by atoms with E-state index in [0.29, 0.717) is 0 Å². The number of hydrogen-bond donors (Lipinski definition) is 0. The Morgan fingerprint density at radius 1 is 1.54 bits per heavy atom. The number of pyridine rings is 1. The maximum absolute atomic E-state index is 4.41. The molecule has 3 heteroatoms. The smallest absolute Gasteiger partial charge is 0.131 e. The van der Waals surface area contributed by atoms with Crippen LogP contribution < -0.4 is 4.90 Å². The Balaban J connectivity index is 2.21. The van der Waals surface area contributed by atoms with Gasteiger partial charge < -0.3 is 4.90 Å². The highest BCUT2D eigenvalue weighted by Gasteiger charge is 2.24. The summed E-state index contributed by atoms with van der Waals surface area (Å²) in [4.78, 5) is 6.74. The summed E-state index contributed by atoms with van der Waals surface area (Å²) >= 11 is 3.42. The van der Waals surface area contributed by atoms with Crippen molar-refractivity contribution in [3.8, 4) is 0 Å². The standard InChI is InChI=1S/C10H13BrN2/c1-7-5-13(6-7)10-8(2)3-9(11)4-12-10/h3-4,7H,5-6H2,1-2H3. The third kappa shape index (κ3) is 1.70. The highest BCUT2D eigenvalue weighted by molar-refractivity contribution is 9.10. The first kappa shape index (κ1) is 9.00. The van der Waals surface area contributed by atoms with Crippen LogP contribution in [0.2, 0.25) is 0 Å². The molecule has 2 nitrogen and oxygen atoms in total. The quantitative estimate of drug-likeness (QED) is 0.751. The van der Waals surface area contributed by atoms with Crippen LogP contribution in [0.15, 0.2) is 16.7 Å². The molecule has 0 amide bonds. The van der Waals surface area contributed by atoms with Crippen LogP contribution in [-0.2, 0) is 0 Å². The molecule has 2 heterocycles. The minimum atomic E-state index is 0.824. The van der Waals surface area contributed by atoms with Crippen molar-refractivity contribution in [2.75, 3.05) is 18.0 Å². The van der Waals surface area contributed by atoms with Gasteiger partial charge in [-0.05, 0) is 40.4 Å². The largest absolute Gasteiger partial charge is 0.356 e. The van der Waals surface area contributed by atoms with E-state index >= 15 is 0 Å². The van der Waals surface area contributed by atoms with Gasteiger partial charge in [-0.2, -0.15) is 0 Å². The maximum atomic E-state index is 4.41. The van der Waals surface area contributed by atoms with E-state index in [4.69, 9.17) is 0 Å². The van der Waals surface area contributed by atoms with Gasteiger partial charge in [0.15, 0.2) is 0 Å². The predicted octanol–water partition coefficient (Wildman–Crippen LogP) is 2.61. The molecule has 1 fully saturated rings. The number of nitrogens with zero attached hydrogens (tertiary/aromatic N) is 2. The molecule has 2 rings (SSSR count). The summed E-state index contributed by atoms with van der Waals surface area (Å²) in [6, 6.07) is 2.12. The van der Waals surface area contributed by atoms with E-state index in [-0.39, 0.29) is 0 Å². The molecule has 0 spiro atoms. The molecule has 1 aromatic rings. The molecule has 1 aromatic heterocycles. The molecule has 1 saturated heterocycles. The molecule has 0 unspecified atom stereocenters. The molecule has 70 valence electrons. The average Bonchev–Trinajstić information content (AvgIpc) is 2.00. The Morgan fingerprint density at radius 2 is 2.23 bits per heavy atom. The molecule has 0 bridgehead atoms. The zero-order valence-corrected chi connectivity index (χ0v) is 9.50. The summed E-state index contributed by atoms with van der Waals surface area (Å²) in [7, 11) is 0. The molecule has 0 aliphatic carbocycles. The summed E-state index contributed by atoms with van der Waals surface area (Å²) in [6.07, 6.45) is 1.87. The number of aromatic nitrogens is 1. The van der Waals surface area contributed by atoms with Crippen molar-refractivity contribution >= 4 is 21.7 Å². The Morgan fingerprint density at radius 3 is 2.77 bits per heavy atom. The van der Waals surface area contributed by atoms with Gasteiger partial charge in [-0.25, -0.2) is 4.98 Å². The van der Waals surface area contributed by atoms with Crippen molar-refractivity contribution in [2.24, 2.45) is 5.92 Å². The van der Waals surface area contributed by atoms with Gasteiger partial charge in [-0.15, -0.1) is 0 Å². The van der Waals surface area contributed by atoms with Crippen LogP contribution in [0.25, 0.3) is 0 Å². The highest BCUT2D eigenvalue weighted by Crippen LogP contribution is 2.26. The number of hydrogen-bond acceptors (Lipinski definition) is 2. The molecule has 1 aliphatic rings. The van der Waals surface area contributed by atoms with Crippen molar-refractivity contribution in [2.45, 2.75) is 13.8 Å². The normalized spacial score (nSPS) is 17.3. The van der Waals surface area contributed by atoms with Gasteiger partial charge in [-0.1, -0.05) is 6.92 Å². The first-order valence-corrected chi connectivity index (χ1v) is 5.33. The first-order valence-electron chi connectivity index (χ1n) is 4.54. The van der Waals surface area contributed by atoms with E-state index < -0.39 is 0 Å². The van der Waals surface area contributed by atoms with Gasteiger partial charge in [0.05, 0.1) is 0 Å². The van der Waals surface area contributed by atoms with E-state index in [2.05, 4.69) is 45.7 Å². The second-order valence-corrected chi connectivity index (χ2v) is 4.72.